The molecule has 104 valence electrons. The highest BCUT2D eigenvalue weighted by atomic mass is 35.5. The first-order valence-corrected chi connectivity index (χ1v) is 7.86. The van der Waals surface area contributed by atoms with Crippen LogP contribution in [-0.4, -0.2) is 17.5 Å². The number of carbonyl (C=O) groups excluding carboxylic acids is 1. The molecule has 1 fully saturated rings. The van der Waals surface area contributed by atoms with Gasteiger partial charge >= 0.3 is 6.03 Å². The molecule has 0 aliphatic carbocycles. The third-order valence-electron chi connectivity index (χ3n) is 3.46. The van der Waals surface area contributed by atoms with Crippen LogP contribution >= 0.6 is 22.9 Å². The number of thiophene rings is 1. The molecular weight excluding hydrogens is 292 g/mol. The van der Waals surface area contributed by atoms with Gasteiger partial charge in [0.2, 0.25) is 0 Å². The van der Waals surface area contributed by atoms with Crippen LogP contribution in [0, 0.1) is 0 Å². The number of carbonyl (C=O) groups is 1. The molecule has 2 heterocycles. The summed E-state index contributed by atoms with van der Waals surface area (Å²) < 4.78 is 0. The van der Waals surface area contributed by atoms with E-state index >= 15 is 0 Å². The lowest BCUT2D eigenvalue weighted by molar-refractivity contribution is 0.208. The number of nitrogens with zero attached hydrogens (tertiary/aromatic N) is 1. The Morgan fingerprint density at radius 2 is 2.25 bits per heavy atom. The molecule has 1 atom stereocenters. The van der Waals surface area contributed by atoms with Gasteiger partial charge in [-0.2, -0.15) is 0 Å². The van der Waals surface area contributed by atoms with Gasteiger partial charge in [-0.25, -0.2) is 4.79 Å². The van der Waals surface area contributed by atoms with Crippen LogP contribution in [0.1, 0.15) is 23.8 Å². The SMILES string of the molecule is O=C(Nc1cccc(Cl)c1)N1CCC[C@H]1c1cccs1. The number of hydrogen-bond acceptors (Lipinski definition) is 2. The molecule has 5 heteroatoms. The van der Waals surface area contributed by atoms with Crippen molar-refractivity contribution in [3.8, 4) is 0 Å². The molecule has 1 aromatic heterocycles. The Balaban J connectivity index is 1.73. The first-order chi connectivity index (χ1) is 9.74. The molecule has 2 amide bonds. The lowest BCUT2D eigenvalue weighted by Crippen LogP contribution is -2.34. The van der Waals surface area contributed by atoms with Gasteiger partial charge in [-0.3, -0.25) is 0 Å². The third kappa shape index (κ3) is 2.81. The van der Waals surface area contributed by atoms with E-state index in [1.165, 1.54) is 4.88 Å². The first kappa shape index (κ1) is 13.5. The van der Waals surface area contributed by atoms with Crippen molar-refractivity contribution < 1.29 is 4.79 Å². The number of nitrogens with one attached hydrogen (secondary N) is 1. The molecule has 1 aliphatic rings. The number of likely N-dealkylation sites (tertiary alicyclic amines) is 1. The van der Waals surface area contributed by atoms with Crippen molar-refractivity contribution in [3.63, 3.8) is 0 Å². The van der Waals surface area contributed by atoms with Crippen molar-refractivity contribution in [2.75, 3.05) is 11.9 Å². The zero-order chi connectivity index (χ0) is 13.9. The Hall–Kier alpha value is -1.52. The van der Waals surface area contributed by atoms with Crippen molar-refractivity contribution in [2.24, 2.45) is 0 Å². The van der Waals surface area contributed by atoms with Crippen LogP contribution in [0.3, 0.4) is 0 Å². The molecule has 0 bridgehead atoms. The summed E-state index contributed by atoms with van der Waals surface area (Å²) >= 11 is 7.64. The van der Waals surface area contributed by atoms with Crippen LogP contribution in [0.15, 0.2) is 41.8 Å². The normalized spacial score (nSPS) is 18.2. The predicted molar refractivity (Wildman–Crippen MR) is 83.5 cm³/mol. The largest absolute Gasteiger partial charge is 0.322 e. The molecule has 1 saturated heterocycles. The van der Waals surface area contributed by atoms with Crippen LogP contribution in [0.5, 0.6) is 0 Å². The van der Waals surface area contributed by atoms with Crippen molar-refractivity contribution in [1.82, 2.24) is 4.90 Å². The van der Waals surface area contributed by atoms with E-state index in [1.54, 1.807) is 23.5 Å². The predicted octanol–water partition coefficient (Wildman–Crippen LogP) is 4.77. The molecule has 3 rings (SSSR count). The second-order valence-corrected chi connectivity index (χ2v) is 6.22. The van der Waals surface area contributed by atoms with E-state index in [0.29, 0.717) is 5.02 Å². The van der Waals surface area contributed by atoms with Crippen molar-refractivity contribution in [2.45, 2.75) is 18.9 Å². The summed E-state index contributed by atoms with van der Waals surface area (Å²) in [4.78, 5) is 15.6. The average molecular weight is 307 g/mol. The van der Waals surface area contributed by atoms with E-state index in [1.807, 2.05) is 23.1 Å². The van der Waals surface area contributed by atoms with Crippen LogP contribution < -0.4 is 5.32 Å². The number of rotatable bonds is 2. The van der Waals surface area contributed by atoms with Gasteiger partial charge in [-0.1, -0.05) is 23.7 Å². The summed E-state index contributed by atoms with van der Waals surface area (Å²) in [6.45, 7) is 0.801. The molecule has 2 aromatic rings. The van der Waals surface area contributed by atoms with Crippen LogP contribution in [0.4, 0.5) is 10.5 Å². The van der Waals surface area contributed by atoms with Gasteiger partial charge < -0.3 is 10.2 Å². The van der Waals surface area contributed by atoms with Crippen molar-refractivity contribution in [1.29, 1.82) is 0 Å². The molecule has 0 saturated carbocycles. The lowest BCUT2D eigenvalue weighted by Gasteiger charge is -2.24. The first-order valence-electron chi connectivity index (χ1n) is 6.60. The quantitative estimate of drug-likeness (QED) is 0.851. The Labute approximate surface area is 127 Å². The summed E-state index contributed by atoms with van der Waals surface area (Å²) in [6, 6.07) is 11.5. The maximum atomic E-state index is 12.4. The summed E-state index contributed by atoms with van der Waals surface area (Å²) in [6.07, 6.45) is 2.08. The van der Waals surface area contributed by atoms with E-state index < -0.39 is 0 Å². The average Bonchev–Trinajstić information content (AvgIpc) is 3.09. The third-order valence-corrected chi connectivity index (χ3v) is 4.67. The topological polar surface area (TPSA) is 32.3 Å². The molecule has 0 spiro atoms. The van der Waals surface area contributed by atoms with E-state index in [-0.39, 0.29) is 12.1 Å². The van der Waals surface area contributed by atoms with Gasteiger partial charge in [0.25, 0.3) is 0 Å². The van der Waals surface area contributed by atoms with Crippen molar-refractivity contribution >= 4 is 34.7 Å². The fraction of sp³-hybridized carbons (Fsp3) is 0.267. The van der Waals surface area contributed by atoms with Crippen LogP contribution in [-0.2, 0) is 0 Å². The summed E-state index contributed by atoms with van der Waals surface area (Å²) in [5.41, 5.74) is 0.735. The minimum Gasteiger partial charge on any atom is -0.317 e. The molecule has 1 aliphatic heterocycles. The van der Waals surface area contributed by atoms with Gasteiger partial charge in [0, 0.05) is 22.1 Å². The number of benzene rings is 1. The molecule has 3 nitrogen and oxygen atoms in total. The van der Waals surface area contributed by atoms with Gasteiger partial charge in [-0.05, 0) is 42.5 Å². The van der Waals surface area contributed by atoms with E-state index in [9.17, 15) is 4.79 Å². The molecule has 1 N–H and O–H groups in total. The van der Waals surface area contributed by atoms with Crippen LogP contribution in [0.25, 0.3) is 0 Å². The minimum absolute atomic E-state index is 0.0526. The van der Waals surface area contributed by atoms with E-state index in [2.05, 4.69) is 16.8 Å². The molecule has 0 unspecified atom stereocenters. The van der Waals surface area contributed by atoms with Gasteiger partial charge in [0.1, 0.15) is 0 Å². The van der Waals surface area contributed by atoms with Crippen LogP contribution in [0.2, 0.25) is 5.02 Å². The zero-order valence-electron chi connectivity index (χ0n) is 10.9. The fourth-order valence-corrected chi connectivity index (χ4v) is 3.61. The highest BCUT2D eigenvalue weighted by molar-refractivity contribution is 7.10. The van der Waals surface area contributed by atoms with E-state index in [4.69, 9.17) is 11.6 Å². The molecular formula is C15H15ClN2OS. The molecule has 20 heavy (non-hydrogen) atoms. The second-order valence-electron chi connectivity index (χ2n) is 4.81. The van der Waals surface area contributed by atoms with Gasteiger partial charge in [0.15, 0.2) is 0 Å². The smallest absolute Gasteiger partial charge is 0.317 e. The monoisotopic (exact) mass is 306 g/mol. The maximum Gasteiger partial charge on any atom is 0.322 e. The molecule has 1 aromatic carbocycles. The fourth-order valence-electron chi connectivity index (χ4n) is 2.55. The Morgan fingerprint density at radius 3 is 3.00 bits per heavy atom. The van der Waals surface area contributed by atoms with Crippen molar-refractivity contribution in [3.05, 3.63) is 51.7 Å². The van der Waals surface area contributed by atoms with Gasteiger partial charge in [0.05, 0.1) is 6.04 Å². The zero-order valence-corrected chi connectivity index (χ0v) is 12.5. The second kappa shape index (κ2) is 5.85. The number of anilines is 1. The minimum atomic E-state index is -0.0526. The Bertz CT molecular complexity index is 600. The number of hydrogen-bond donors (Lipinski definition) is 1. The lowest BCUT2D eigenvalue weighted by atomic mass is 10.2. The maximum absolute atomic E-state index is 12.4. The summed E-state index contributed by atoms with van der Waals surface area (Å²) in [5.74, 6) is 0. The highest BCUT2D eigenvalue weighted by Crippen LogP contribution is 2.34. The van der Waals surface area contributed by atoms with E-state index in [0.717, 1.165) is 25.1 Å². The number of urea groups is 1. The molecule has 0 radical (unpaired) electrons. The standard InChI is InChI=1S/C15H15ClN2OS/c16-11-4-1-5-12(10-11)17-15(19)18-8-2-6-13(18)14-7-3-9-20-14/h1,3-5,7,9-10,13H,2,6,8H2,(H,17,19)/t13-/m0/s1. The van der Waals surface area contributed by atoms with Gasteiger partial charge in [-0.15, -0.1) is 11.3 Å². The number of halogens is 1. The Kier molecular flexibility index (Phi) is 3.94. The summed E-state index contributed by atoms with van der Waals surface area (Å²) in [5, 5.41) is 5.60. The summed E-state index contributed by atoms with van der Waals surface area (Å²) in [7, 11) is 0. The number of amides is 2. The Morgan fingerprint density at radius 1 is 1.35 bits per heavy atom. The highest BCUT2D eigenvalue weighted by Gasteiger charge is 2.30.